The molecule has 1 atom stereocenters. The Bertz CT molecular complexity index is 375. The quantitative estimate of drug-likeness (QED) is 0.663. The second kappa shape index (κ2) is 3.42. The lowest BCUT2D eigenvalue weighted by molar-refractivity contribution is 0.482. The number of nitrogens with zero attached hydrogens (tertiary/aromatic N) is 1. The maximum absolute atomic E-state index is 3.55. The molecule has 2 aliphatic heterocycles. The van der Waals surface area contributed by atoms with Gasteiger partial charge in [-0.3, -0.25) is 0 Å². The zero-order valence-electron chi connectivity index (χ0n) is 9.09. The van der Waals surface area contributed by atoms with Gasteiger partial charge in [-0.2, -0.15) is 0 Å². The van der Waals surface area contributed by atoms with Crippen LogP contribution in [0.4, 0.5) is 11.4 Å². The molecule has 1 aromatic carbocycles. The Kier molecular flexibility index (Phi) is 2.06. The predicted octanol–water partition coefficient (Wildman–Crippen LogP) is 1.20. The fourth-order valence-electron chi connectivity index (χ4n) is 2.60. The number of rotatable bonds is 0. The monoisotopic (exact) mass is 203 g/mol. The number of aryl methyl sites for hydroxylation is 1. The van der Waals surface area contributed by atoms with Crippen molar-refractivity contribution in [3.05, 3.63) is 23.8 Å². The third-order valence-corrected chi connectivity index (χ3v) is 3.42. The van der Waals surface area contributed by atoms with Crippen LogP contribution in [-0.4, -0.2) is 32.2 Å². The van der Waals surface area contributed by atoms with Gasteiger partial charge in [-0.05, 0) is 18.6 Å². The van der Waals surface area contributed by atoms with Crippen LogP contribution in [0.2, 0.25) is 0 Å². The van der Waals surface area contributed by atoms with Crippen molar-refractivity contribution >= 4 is 11.4 Å². The van der Waals surface area contributed by atoms with Crippen LogP contribution in [0.15, 0.2) is 18.2 Å². The van der Waals surface area contributed by atoms with Crippen LogP contribution in [0.1, 0.15) is 5.56 Å². The number of piperazine rings is 1. The maximum Gasteiger partial charge on any atom is 0.0608 e. The summed E-state index contributed by atoms with van der Waals surface area (Å²) in [6, 6.07) is 7.18. The molecule has 0 aliphatic carbocycles. The Labute approximate surface area is 90.5 Å². The lowest BCUT2D eigenvalue weighted by Gasteiger charge is -2.43. The normalized spacial score (nSPS) is 24.1. The molecule has 1 fully saturated rings. The van der Waals surface area contributed by atoms with Crippen LogP contribution < -0.4 is 15.5 Å². The summed E-state index contributed by atoms with van der Waals surface area (Å²) >= 11 is 0. The molecule has 1 unspecified atom stereocenters. The number of hydrogen-bond acceptors (Lipinski definition) is 3. The summed E-state index contributed by atoms with van der Waals surface area (Å²) < 4.78 is 0. The summed E-state index contributed by atoms with van der Waals surface area (Å²) in [4.78, 5) is 2.54. The van der Waals surface area contributed by atoms with Crippen LogP contribution >= 0.6 is 0 Å². The van der Waals surface area contributed by atoms with Gasteiger partial charge < -0.3 is 15.5 Å². The topological polar surface area (TPSA) is 27.3 Å². The number of nitrogens with one attached hydrogen (secondary N) is 2. The number of hydrogen-bond donors (Lipinski definition) is 2. The van der Waals surface area contributed by atoms with Gasteiger partial charge in [0.05, 0.1) is 17.4 Å². The molecule has 2 aliphatic rings. The molecule has 0 aromatic heterocycles. The molecular formula is C12H17N3. The second-order valence-corrected chi connectivity index (χ2v) is 4.40. The first-order valence-corrected chi connectivity index (χ1v) is 5.67. The fraction of sp³-hybridized carbons (Fsp3) is 0.500. The molecule has 3 heteroatoms. The average Bonchev–Trinajstić information content (AvgIpc) is 2.29. The molecule has 0 bridgehead atoms. The predicted molar refractivity (Wildman–Crippen MR) is 63.7 cm³/mol. The molecule has 0 amide bonds. The minimum atomic E-state index is 0.619. The molecule has 2 N–H and O–H groups in total. The highest BCUT2D eigenvalue weighted by molar-refractivity contribution is 5.76. The van der Waals surface area contributed by atoms with Crippen molar-refractivity contribution in [3.63, 3.8) is 0 Å². The zero-order valence-corrected chi connectivity index (χ0v) is 9.09. The van der Waals surface area contributed by atoms with E-state index in [1.807, 2.05) is 0 Å². The highest BCUT2D eigenvalue weighted by Crippen LogP contribution is 2.34. The first-order chi connectivity index (χ1) is 7.36. The van der Waals surface area contributed by atoms with Gasteiger partial charge in [0, 0.05) is 26.2 Å². The van der Waals surface area contributed by atoms with E-state index in [0.29, 0.717) is 6.04 Å². The lowest BCUT2D eigenvalue weighted by Crippen LogP contribution is -2.56. The average molecular weight is 203 g/mol. The number of benzene rings is 1. The summed E-state index contributed by atoms with van der Waals surface area (Å²) in [7, 11) is 0. The van der Waals surface area contributed by atoms with Gasteiger partial charge in [0.1, 0.15) is 0 Å². The van der Waals surface area contributed by atoms with E-state index in [9.17, 15) is 0 Å². The van der Waals surface area contributed by atoms with E-state index in [1.54, 1.807) is 0 Å². The van der Waals surface area contributed by atoms with E-state index in [2.05, 4.69) is 40.7 Å². The van der Waals surface area contributed by atoms with Crippen molar-refractivity contribution in [2.45, 2.75) is 13.0 Å². The standard InChI is InChI=1S/C12H17N3/c1-9-3-2-4-11-12(9)14-8-10-7-13-5-6-15(10)11/h2-4,10,13-14H,5-8H2,1H3. The van der Waals surface area contributed by atoms with Crippen molar-refractivity contribution < 1.29 is 0 Å². The third-order valence-electron chi connectivity index (χ3n) is 3.42. The first-order valence-electron chi connectivity index (χ1n) is 5.67. The Hall–Kier alpha value is -1.22. The number of para-hydroxylation sites is 1. The molecule has 15 heavy (non-hydrogen) atoms. The largest absolute Gasteiger partial charge is 0.381 e. The number of fused-ring (bicyclic) bond motifs is 3. The van der Waals surface area contributed by atoms with Gasteiger partial charge in [0.2, 0.25) is 0 Å². The molecule has 3 nitrogen and oxygen atoms in total. The highest BCUT2D eigenvalue weighted by atomic mass is 15.3. The summed E-state index contributed by atoms with van der Waals surface area (Å²) in [6.07, 6.45) is 0. The van der Waals surface area contributed by atoms with Gasteiger partial charge >= 0.3 is 0 Å². The summed E-state index contributed by atoms with van der Waals surface area (Å²) in [5.74, 6) is 0. The van der Waals surface area contributed by atoms with Crippen molar-refractivity contribution in [2.75, 3.05) is 36.4 Å². The van der Waals surface area contributed by atoms with Crippen molar-refractivity contribution in [1.29, 1.82) is 0 Å². The van der Waals surface area contributed by atoms with E-state index in [-0.39, 0.29) is 0 Å². The minimum absolute atomic E-state index is 0.619. The smallest absolute Gasteiger partial charge is 0.0608 e. The molecule has 3 rings (SSSR count). The van der Waals surface area contributed by atoms with Crippen LogP contribution in [0.3, 0.4) is 0 Å². The summed E-state index contributed by atoms with van der Waals surface area (Å²) in [5, 5.41) is 7.00. The van der Waals surface area contributed by atoms with Crippen molar-refractivity contribution in [3.8, 4) is 0 Å². The van der Waals surface area contributed by atoms with E-state index in [1.165, 1.54) is 16.9 Å². The second-order valence-electron chi connectivity index (χ2n) is 4.40. The van der Waals surface area contributed by atoms with E-state index in [0.717, 1.165) is 26.2 Å². The van der Waals surface area contributed by atoms with Crippen LogP contribution in [0.5, 0.6) is 0 Å². The van der Waals surface area contributed by atoms with Crippen LogP contribution in [0.25, 0.3) is 0 Å². The molecule has 1 aromatic rings. The molecule has 0 radical (unpaired) electrons. The SMILES string of the molecule is Cc1cccc2c1NCC1CNCCN21. The Morgan fingerprint density at radius 1 is 1.33 bits per heavy atom. The Morgan fingerprint density at radius 3 is 3.20 bits per heavy atom. The fourth-order valence-corrected chi connectivity index (χ4v) is 2.60. The van der Waals surface area contributed by atoms with E-state index in [4.69, 9.17) is 0 Å². The molecular weight excluding hydrogens is 186 g/mol. The molecule has 80 valence electrons. The Balaban J connectivity index is 2.03. The van der Waals surface area contributed by atoms with Crippen molar-refractivity contribution in [2.24, 2.45) is 0 Å². The summed E-state index contributed by atoms with van der Waals surface area (Å²) in [5.41, 5.74) is 4.06. The van der Waals surface area contributed by atoms with Gasteiger partial charge in [0.25, 0.3) is 0 Å². The molecule has 0 saturated carbocycles. The number of anilines is 2. The highest BCUT2D eigenvalue weighted by Gasteiger charge is 2.28. The third kappa shape index (κ3) is 1.38. The lowest BCUT2D eigenvalue weighted by atomic mass is 10.0. The minimum Gasteiger partial charge on any atom is -0.381 e. The van der Waals surface area contributed by atoms with Gasteiger partial charge in [-0.25, -0.2) is 0 Å². The molecule has 1 saturated heterocycles. The maximum atomic E-state index is 3.55. The van der Waals surface area contributed by atoms with Gasteiger partial charge in [-0.1, -0.05) is 12.1 Å². The molecule has 2 heterocycles. The van der Waals surface area contributed by atoms with Crippen LogP contribution in [0, 0.1) is 6.92 Å². The van der Waals surface area contributed by atoms with Crippen LogP contribution in [-0.2, 0) is 0 Å². The first kappa shape index (κ1) is 9.04. The van der Waals surface area contributed by atoms with E-state index < -0.39 is 0 Å². The van der Waals surface area contributed by atoms with Crippen molar-refractivity contribution in [1.82, 2.24) is 5.32 Å². The van der Waals surface area contributed by atoms with Gasteiger partial charge in [-0.15, -0.1) is 0 Å². The van der Waals surface area contributed by atoms with Gasteiger partial charge in [0.15, 0.2) is 0 Å². The Morgan fingerprint density at radius 2 is 2.27 bits per heavy atom. The zero-order chi connectivity index (χ0) is 10.3. The van der Waals surface area contributed by atoms with E-state index >= 15 is 0 Å². The molecule has 0 spiro atoms. The summed E-state index contributed by atoms with van der Waals surface area (Å²) in [6.45, 7) is 6.56.